The molecule has 1 aliphatic heterocycles. The number of rotatable bonds is 4. The van der Waals surface area contributed by atoms with E-state index in [1.165, 1.54) is 0 Å². The van der Waals surface area contributed by atoms with E-state index < -0.39 is 46.2 Å². The summed E-state index contributed by atoms with van der Waals surface area (Å²) in [4.78, 5) is 40.9. The maximum Gasteiger partial charge on any atom is 0.425 e. The zero-order valence-electron chi connectivity index (χ0n) is 18.9. The van der Waals surface area contributed by atoms with Crippen LogP contribution in [0.4, 0.5) is 13.2 Å². The van der Waals surface area contributed by atoms with Gasteiger partial charge >= 0.3 is 6.18 Å². The zero-order chi connectivity index (χ0) is 24.0. The summed E-state index contributed by atoms with van der Waals surface area (Å²) in [5.41, 5.74) is -3.81. The summed E-state index contributed by atoms with van der Waals surface area (Å²) in [5.74, 6) is -3.41. The topological polar surface area (TPSA) is 66.5 Å². The van der Waals surface area contributed by atoms with Crippen LogP contribution in [0.25, 0.3) is 0 Å². The van der Waals surface area contributed by atoms with Gasteiger partial charge in [-0.25, -0.2) is 0 Å². The van der Waals surface area contributed by atoms with Crippen molar-refractivity contribution in [3.63, 3.8) is 0 Å². The second-order valence-corrected chi connectivity index (χ2v) is 10.2. The molecule has 0 radical (unpaired) electrons. The maximum atomic E-state index is 14.8. The summed E-state index contributed by atoms with van der Waals surface area (Å²) < 4.78 is 44.4. The normalized spacial score (nSPS) is 25.9. The predicted octanol–water partition coefficient (Wildman–Crippen LogP) is 4.67. The number of alkyl halides is 3. The molecular formula is C25H29F3N2O3. The Morgan fingerprint density at radius 1 is 1.06 bits per heavy atom. The van der Waals surface area contributed by atoms with E-state index in [4.69, 9.17) is 0 Å². The van der Waals surface area contributed by atoms with Crippen molar-refractivity contribution in [2.75, 3.05) is 0 Å². The Bertz CT molecular complexity index is 994. The Labute approximate surface area is 191 Å². The Morgan fingerprint density at radius 2 is 1.70 bits per heavy atom. The van der Waals surface area contributed by atoms with Crippen molar-refractivity contribution in [3.8, 4) is 0 Å². The molecule has 0 saturated heterocycles. The molecule has 1 atom stereocenters. The predicted molar refractivity (Wildman–Crippen MR) is 116 cm³/mol. The van der Waals surface area contributed by atoms with E-state index in [-0.39, 0.29) is 25.1 Å². The van der Waals surface area contributed by atoms with Gasteiger partial charge in [-0.2, -0.15) is 13.2 Å². The summed E-state index contributed by atoms with van der Waals surface area (Å²) in [7, 11) is 0. The highest BCUT2D eigenvalue weighted by Gasteiger charge is 2.71. The quantitative estimate of drug-likeness (QED) is 0.707. The summed E-state index contributed by atoms with van der Waals surface area (Å²) >= 11 is 0. The number of carbonyl (C=O) groups is 3. The average molecular weight is 463 g/mol. The molecule has 2 aliphatic carbocycles. The van der Waals surface area contributed by atoms with Gasteiger partial charge in [0.1, 0.15) is 0 Å². The molecule has 1 saturated carbocycles. The van der Waals surface area contributed by atoms with E-state index in [1.807, 2.05) is 0 Å². The molecule has 1 fully saturated rings. The molecule has 0 bridgehead atoms. The van der Waals surface area contributed by atoms with Gasteiger partial charge in [0.25, 0.3) is 5.91 Å². The summed E-state index contributed by atoms with van der Waals surface area (Å²) in [5, 5.41) is 2.09. The zero-order valence-corrected chi connectivity index (χ0v) is 18.9. The third-order valence-electron chi connectivity index (χ3n) is 7.01. The molecule has 5 nitrogen and oxygen atoms in total. The van der Waals surface area contributed by atoms with Crippen molar-refractivity contribution in [1.29, 1.82) is 0 Å². The van der Waals surface area contributed by atoms with E-state index in [0.717, 1.165) is 24.2 Å². The largest absolute Gasteiger partial charge is 0.425 e. The molecule has 33 heavy (non-hydrogen) atoms. The molecule has 1 N–H and O–H groups in total. The van der Waals surface area contributed by atoms with Crippen molar-refractivity contribution in [2.45, 2.75) is 77.1 Å². The van der Waals surface area contributed by atoms with Gasteiger partial charge in [-0.3, -0.25) is 14.4 Å². The highest BCUT2D eigenvalue weighted by Crippen LogP contribution is 2.52. The lowest BCUT2D eigenvalue weighted by Crippen LogP contribution is -2.67. The monoisotopic (exact) mass is 462 g/mol. The van der Waals surface area contributed by atoms with Crippen molar-refractivity contribution in [2.24, 2.45) is 11.3 Å². The van der Waals surface area contributed by atoms with E-state index in [2.05, 4.69) is 5.32 Å². The van der Waals surface area contributed by atoms with Gasteiger partial charge in [0, 0.05) is 18.0 Å². The highest BCUT2D eigenvalue weighted by atomic mass is 19.4. The fourth-order valence-corrected chi connectivity index (χ4v) is 5.41. The Hall–Kier alpha value is -2.64. The van der Waals surface area contributed by atoms with E-state index in [1.54, 1.807) is 44.2 Å². The molecule has 0 spiro atoms. The van der Waals surface area contributed by atoms with Crippen molar-refractivity contribution < 1.29 is 27.6 Å². The molecule has 2 amide bonds. The fraction of sp³-hybridized carbons (Fsp3) is 0.560. The molecule has 1 heterocycles. The minimum Gasteiger partial charge on any atom is -0.330 e. The molecule has 0 aromatic heterocycles. The van der Waals surface area contributed by atoms with Gasteiger partial charge in [0.2, 0.25) is 11.4 Å². The minimum absolute atomic E-state index is 0.0753. The Kier molecular flexibility index (Phi) is 5.91. The lowest BCUT2D eigenvalue weighted by Gasteiger charge is -2.36. The van der Waals surface area contributed by atoms with E-state index in [9.17, 15) is 27.6 Å². The molecular weight excluding hydrogens is 433 g/mol. The lowest BCUT2D eigenvalue weighted by molar-refractivity contribution is -0.195. The number of carbonyl (C=O) groups excluding carboxylic acids is 3. The summed E-state index contributed by atoms with van der Waals surface area (Å²) in [6.07, 6.45) is -1.72. The number of ketones is 1. The van der Waals surface area contributed by atoms with Gasteiger partial charge in [-0.05, 0) is 30.2 Å². The number of benzene rings is 1. The second kappa shape index (κ2) is 8.29. The fourth-order valence-electron chi connectivity index (χ4n) is 5.41. The third kappa shape index (κ3) is 4.08. The summed E-state index contributed by atoms with van der Waals surface area (Å²) in [6, 6.07) is 8.69. The standard InChI is InChI=1S/C25H29F3N2O3/c1-23(2)13-18-20(19(31)14-23)24(25(26,27)28,29-21(32)17-11-7-4-8-12-17)22(33)30(18)15-16-9-5-3-6-10-16/h3,5-6,9-10,17H,4,7-8,11-15H2,1-2H3,(H,29,32)/t24-/m0/s1. The number of hydrogen-bond acceptors (Lipinski definition) is 3. The number of allylic oxidation sites excluding steroid dienone is 1. The minimum atomic E-state index is -5.16. The summed E-state index contributed by atoms with van der Waals surface area (Å²) in [6.45, 7) is 3.50. The van der Waals surface area contributed by atoms with Crippen LogP contribution in [0.15, 0.2) is 41.6 Å². The first kappa shape index (κ1) is 23.5. The Balaban J connectivity index is 1.82. The molecule has 178 valence electrons. The number of nitrogens with zero attached hydrogens (tertiary/aromatic N) is 1. The average Bonchev–Trinajstić information content (AvgIpc) is 2.97. The van der Waals surface area contributed by atoms with Crippen LogP contribution in [0.5, 0.6) is 0 Å². The van der Waals surface area contributed by atoms with Gasteiger partial charge in [-0.15, -0.1) is 0 Å². The second-order valence-electron chi connectivity index (χ2n) is 10.2. The third-order valence-corrected chi connectivity index (χ3v) is 7.01. The van der Waals surface area contributed by atoms with Crippen LogP contribution in [0.1, 0.15) is 64.4 Å². The number of hydrogen-bond donors (Lipinski definition) is 1. The smallest absolute Gasteiger partial charge is 0.330 e. The van der Waals surface area contributed by atoms with Crippen LogP contribution in [-0.4, -0.2) is 34.2 Å². The van der Waals surface area contributed by atoms with Crippen LogP contribution in [0.3, 0.4) is 0 Å². The lowest BCUT2D eigenvalue weighted by atomic mass is 9.72. The molecule has 3 aliphatic rings. The first-order chi connectivity index (χ1) is 15.5. The maximum absolute atomic E-state index is 14.8. The number of halogens is 3. The first-order valence-corrected chi connectivity index (χ1v) is 11.5. The number of Topliss-reactive ketones (excluding diaryl/α,β-unsaturated/α-hetero) is 1. The van der Waals surface area contributed by atoms with Crippen LogP contribution in [0.2, 0.25) is 0 Å². The van der Waals surface area contributed by atoms with Gasteiger partial charge in [-0.1, -0.05) is 63.4 Å². The molecule has 8 heteroatoms. The molecule has 1 aromatic carbocycles. The Morgan fingerprint density at radius 3 is 2.30 bits per heavy atom. The van der Waals surface area contributed by atoms with Crippen molar-refractivity contribution in [3.05, 3.63) is 47.2 Å². The highest BCUT2D eigenvalue weighted by molar-refractivity contribution is 6.13. The molecule has 1 aromatic rings. The first-order valence-electron chi connectivity index (χ1n) is 11.5. The van der Waals surface area contributed by atoms with Crippen LogP contribution < -0.4 is 5.32 Å². The van der Waals surface area contributed by atoms with Crippen LogP contribution in [-0.2, 0) is 20.9 Å². The molecule has 0 unspecified atom stereocenters. The van der Waals surface area contributed by atoms with Gasteiger partial charge in [0.05, 0.1) is 12.1 Å². The van der Waals surface area contributed by atoms with Crippen LogP contribution >= 0.6 is 0 Å². The van der Waals surface area contributed by atoms with E-state index >= 15 is 0 Å². The van der Waals surface area contributed by atoms with E-state index in [0.29, 0.717) is 18.4 Å². The van der Waals surface area contributed by atoms with Crippen molar-refractivity contribution in [1.82, 2.24) is 10.2 Å². The van der Waals surface area contributed by atoms with Crippen LogP contribution in [0, 0.1) is 11.3 Å². The SMILES string of the molecule is CC1(C)CC(=O)C2=C(C1)N(Cc1ccccc1)C(=O)[C@]2(NC(=O)C1CCCCC1)C(F)(F)F. The number of nitrogens with one attached hydrogen (secondary N) is 1. The molecule has 4 rings (SSSR count). The van der Waals surface area contributed by atoms with Crippen molar-refractivity contribution >= 4 is 17.6 Å². The number of amides is 2. The van der Waals surface area contributed by atoms with Gasteiger partial charge in [0.15, 0.2) is 5.78 Å². The van der Waals surface area contributed by atoms with Gasteiger partial charge < -0.3 is 10.2 Å².